The summed E-state index contributed by atoms with van der Waals surface area (Å²) in [6.07, 6.45) is 0. The highest BCUT2D eigenvalue weighted by molar-refractivity contribution is 5.97. The number of benzene rings is 2. The molecular formula is C19H22N2O2. The van der Waals surface area contributed by atoms with Crippen molar-refractivity contribution in [1.82, 2.24) is 10.2 Å². The predicted octanol–water partition coefficient (Wildman–Crippen LogP) is 2.69. The minimum Gasteiger partial charge on any atom is -0.343 e. The molecule has 0 atom stereocenters. The molecule has 23 heavy (non-hydrogen) atoms. The summed E-state index contributed by atoms with van der Waals surface area (Å²) in [6, 6.07) is 15.3. The SMILES string of the molecule is Cc1ccccc1CN(C)C(=O)CNC(=O)c1ccccc1C. The predicted molar refractivity (Wildman–Crippen MR) is 91.2 cm³/mol. The molecule has 0 radical (unpaired) electrons. The lowest BCUT2D eigenvalue weighted by Gasteiger charge is -2.19. The molecule has 4 heteroatoms. The van der Waals surface area contributed by atoms with Crippen LogP contribution in [0, 0.1) is 13.8 Å². The summed E-state index contributed by atoms with van der Waals surface area (Å²) < 4.78 is 0. The smallest absolute Gasteiger partial charge is 0.251 e. The summed E-state index contributed by atoms with van der Waals surface area (Å²) >= 11 is 0. The average Bonchev–Trinajstić information content (AvgIpc) is 2.54. The fraction of sp³-hybridized carbons (Fsp3) is 0.263. The van der Waals surface area contributed by atoms with Gasteiger partial charge in [0.15, 0.2) is 0 Å². The van der Waals surface area contributed by atoms with Crippen molar-refractivity contribution in [3.63, 3.8) is 0 Å². The molecule has 2 rings (SSSR count). The third-order valence-corrected chi connectivity index (χ3v) is 3.88. The van der Waals surface area contributed by atoms with E-state index in [2.05, 4.69) is 5.32 Å². The molecule has 120 valence electrons. The Kier molecular flexibility index (Phi) is 5.52. The molecule has 0 aliphatic heterocycles. The van der Waals surface area contributed by atoms with Crippen LogP contribution in [0.3, 0.4) is 0 Å². The second-order valence-electron chi connectivity index (χ2n) is 5.67. The molecule has 0 heterocycles. The highest BCUT2D eigenvalue weighted by atomic mass is 16.2. The maximum atomic E-state index is 12.2. The largest absolute Gasteiger partial charge is 0.343 e. The third kappa shape index (κ3) is 4.42. The van der Waals surface area contributed by atoms with Gasteiger partial charge in [0, 0.05) is 19.2 Å². The Morgan fingerprint density at radius 3 is 2.22 bits per heavy atom. The summed E-state index contributed by atoms with van der Waals surface area (Å²) in [5, 5.41) is 2.69. The van der Waals surface area contributed by atoms with E-state index in [1.54, 1.807) is 18.0 Å². The van der Waals surface area contributed by atoms with Crippen LogP contribution in [0.1, 0.15) is 27.0 Å². The second kappa shape index (κ2) is 7.58. The van der Waals surface area contributed by atoms with Crippen molar-refractivity contribution in [3.05, 3.63) is 70.8 Å². The van der Waals surface area contributed by atoms with E-state index >= 15 is 0 Å². The number of carbonyl (C=O) groups excluding carboxylic acids is 2. The standard InChI is InChI=1S/C19H22N2O2/c1-14-8-4-6-10-16(14)13-21(3)18(22)12-20-19(23)17-11-7-5-9-15(17)2/h4-11H,12-13H2,1-3H3,(H,20,23). The van der Waals surface area contributed by atoms with Crippen LogP contribution in [0.25, 0.3) is 0 Å². The first-order valence-corrected chi connectivity index (χ1v) is 7.61. The molecule has 2 aromatic rings. The van der Waals surface area contributed by atoms with Crippen molar-refractivity contribution < 1.29 is 9.59 Å². The first-order valence-electron chi connectivity index (χ1n) is 7.61. The molecule has 0 aliphatic carbocycles. The monoisotopic (exact) mass is 310 g/mol. The molecule has 0 saturated heterocycles. The average molecular weight is 310 g/mol. The summed E-state index contributed by atoms with van der Waals surface area (Å²) in [5.41, 5.74) is 3.75. The Morgan fingerprint density at radius 1 is 0.957 bits per heavy atom. The van der Waals surface area contributed by atoms with E-state index in [9.17, 15) is 9.59 Å². The molecular weight excluding hydrogens is 288 g/mol. The normalized spacial score (nSPS) is 10.2. The maximum absolute atomic E-state index is 12.2. The number of nitrogens with one attached hydrogen (secondary N) is 1. The number of likely N-dealkylation sites (N-methyl/N-ethyl adjacent to an activating group) is 1. The Morgan fingerprint density at radius 2 is 1.57 bits per heavy atom. The van der Waals surface area contributed by atoms with Gasteiger partial charge < -0.3 is 10.2 Å². The number of carbonyl (C=O) groups is 2. The molecule has 2 aromatic carbocycles. The van der Waals surface area contributed by atoms with Crippen LogP contribution in [0.5, 0.6) is 0 Å². The minimum atomic E-state index is -0.222. The quantitative estimate of drug-likeness (QED) is 0.923. The molecule has 4 nitrogen and oxygen atoms in total. The fourth-order valence-electron chi connectivity index (χ4n) is 2.34. The van der Waals surface area contributed by atoms with Crippen molar-refractivity contribution in [1.29, 1.82) is 0 Å². The van der Waals surface area contributed by atoms with Crippen LogP contribution in [-0.4, -0.2) is 30.3 Å². The number of nitrogens with zero attached hydrogens (tertiary/aromatic N) is 1. The molecule has 0 aromatic heterocycles. The van der Waals surface area contributed by atoms with Gasteiger partial charge in [-0.05, 0) is 36.6 Å². The molecule has 0 fully saturated rings. The highest BCUT2D eigenvalue weighted by Gasteiger charge is 2.13. The van der Waals surface area contributed by atoms with Crippen LogP contribution in [0.4, 0.5) is 0 Å². The molecule has 0 spiro atoms. The van der Waals surface area contributed by atoms with Crippen molar-refractivity contribution in [2.45, 2.75) is 20.4 Å². The number of amides is 2. The lowest BCUT2D eigenvalue weighted by molar-refractivity contribution is -0.129. The first kappa shape index (κ1) is 16.7. The molecule has 0 bridgehead atoms. The van der Waals surface area contributed by atoms with E-state index in [0.29, 0.717) is 12.1 Å². The lowest BCUT2D eigenvalue weighted by atomic mass is 10.1. The van der Waals surface area contributed by atoms with Crippen LogP contribution >= 0.6 is 0 Å². The van der Waals surface area contributed by atoms with Gasteiger partial charge in [-0.3, -0.25) is 9.59 Å². The Hall–Kier alpha value is -2.62. The molecule has 2 amide bonds. The van der Waals surface area contributed by atoms with Gasteiger partial charge >= 0.3 is 0 Å². The van der Waals surface area contributed by atoms with Crippen LogP contribution in [-0.2, 0) is 11.3 Å². The van der Waals surface area contributed by atoms with Crippen LogP contribution < -0.4 is 5.32 Å². The summed E-state index contributed by atoms with van der Waals surface area (Å²) in [4.78, 5) is 25.9. The van der Waals surface area contributed by atoms with Crippen molar-refractivity contribution >= 4 is 11.8 Å². The summed E-state index contributed by atoms with van der Waals surface area (Å²) in [5.74, 6) is -0.337. The lowest BCUT2D eigenvalue weighted by Crippen LogP contribution is -2.38. The van der Waals surface area contributed by atoms with Crippen LogP contribution in [0.2, 0.25) is 0 Å². The zero-order valence-corrected chi connectivity index (χ0v) is 13.8. The topological polar surface area (TPSA) is 49.4 Å². The molecule has 0 unspecified atom stereocenters. The maximum Gasteiger partial charge on any atom is 0.251 e. The van der Waals surface area contributed by atoms with Crippen molar-refractivity contribution in [2.24, 2.45) is 0 Å². The van der Waals surface area contributed by atoms with Gasteiger partial charge in [0.05, 0.1) is 6.54 Å². The van der Waals surface area contributed by atoms with Gasteiger partial charge in [0.2, 0.25) is 5.91 Å². The van der Waals surface area contributed by atoms with Gasteiger partial charge in [0.1, 0.15) is 0 Å². The molecule has 0 saturated carbocycles. The minimum absolute atomic E-state index is 0.00442. The fourth-order valence-corrected chi connectivity index (χ4v) is 2.34. The van der Waals surface area contributed by atoms with E-state index in [4.69, 9.17) is 0 Å². The van der Waals surface area contributed by atoms with Crippen LogP contribution in [0.15, 0.2) is 48.5 Å². The van der Waals surface area contributed by atoms with E-state index in [0.717, 1.165) is 16.7 Å². The molecule has 0 aliphatic rings. The van der Waals surface area contributed by atoms with E-state index in [1.165, 1.54) is 0 Å². The van der Waals surface area contributed by atoms with E-state index in [1.807, 2.05) is 56.3 Å². The summed E-state index contributed by atoms with van der Waals surface area (Å²) in [6.45, 7) is 4.43. The number of rotatable bonds is 5. The Labute approximate surface area is 137 Å². The Balaban J connectivity index is 1.91. The Bertz CT molecular complexity index is 710. The van der Waals surface area contributed by atoms with E-state index in [-0.39, 0.29) is 18.4 Å². The van der Waals surface area contributed by atoms with E-state index < -0.39 is 0 Å². The number of hydrogen-bond acceptors (Lipinski definition) is 2. The number of aryl methyl sites for hydroxylation is 2. The third-order valence-electron chi connectivity index (χ3n) is 3.88. The zero-order chi connectivity index (χ0) is 16.8. The van der Waals surface area contributed by atoms with Gasteiger partial charge in [-0.15, -0.1) is 0 Å². The van der Waals surface area contributed by atoms with Gasteiger partial charge in [0.25, 0.3) is 5.91 Å². The number of hydrogen-bond donors (Lipinski definition) is 1. The van der Waals surface area contributed by atoms with Gasteiger partial charge in [-0.2, -0.15) is 0 Å². The highest BCUT2D eigenvalue weighted by Crippen LogP contribution is 2.10. The van der Waals surface area contributed by atoms with Crippen molar-refractivity contribution in [2.75, 3.05) is 13.6 Å². The first-order chi connectivity index (χ1) is 11.0. The second-order valence-corrected chi connectivity index (χ2v) is 5.67. The molecule has 1 N–H and O–H groups in total. The van der Waals surface area contributed by atoms with Gasteiger partial charge in [-0.25, -0.2) is 0 Å². The van der Waals surface area contributed by atoms with Crippen molar-refractivity contribution in [3.8, 4) is 0 Å². The summed E-state index contributed by atoms with van der Waals surface area (Å²) in [7, 11) is 1.74. The van der Waals surface area contributed by atoms with Gasteiger partial charge in [-0.1, -0.05) is 42.5 Å². The zero-order valence-electron chi connectivity index (χ0n) is 13.8.